The van der Waals surface area contributed by atoms with Crippen LogP contribution in [-0.2, 0) is 0 Å². The van der Waals surface area contributed by atoms with Gasteiger partial charge in [0, 0.05) is 35.0 Å². The average Bonchev–Trinajstić information content (AvgIpc) is 2.75. The van der Waals surface area contributed by atoms with Crippen LogP contribution in [0.5, 0.6) is 0 Å². The van der Waals surface area contributed by atoms with Crippen molar-refractivity contribution in [2.45, 2.75) is 0 Å². The number of anilines is 2. The molecular weight excluding hydrogens is 352 g/mol. The normalized spacial score (nSPS) is 10.4. The number of hydrogen-bond donors (Lipinski definition) is 1. The molecule has 0 aliphatic heterocycles. The zero-order chi connectivity index (χ0) is 19.3. The van der Waals surface area contributed by atoms with E-state index in [2.05, 4.69) is 15.3 Å². The molecule has 0 amide bonds. The number of rotatable bonds is 5. The summed E-state index contributed by atoms with van der Waals surface area (Å²) in [5.41, 5.74) is 3.38. The molecule has 0 atom stereocenters. The number of para-hydroxylation sites is 1. The Hall–Kier alpha value is -4.06. The fourth-order valence-electron chi connectivity index (χ4n) is 2.80. The van der Waals surface area contributed by atoms with Crippen LogP contribution in [0.25, 0.3) is 22.6 Å². The molecule has 0 spiro atoms. The summed E-state index contributed by atoms with van der Waals surface area (Å²) in [5.74, 6) is 1.14. The third-order valence-corrected chi connectivity index (χ3v) is 4.18. The lowest BCUT2D eigenvalue weighted by atomic mass is 10.1. The van der Waals surface area contributed by atoms with Gasteiger partial charge in [-0.2, -0.15) is 0 Å². The molecule has 0 saturated heterocycles. The molecule has 0 bridgehead atoms. The van der Waals surface area contributed by atoms with Gasteiger partial charge in [0.1, 0.15) is 5.82 Å². The highest BCUT2D eigenvalue weighted by atomic mass is 16.6. The van der Waals surface area contributed by atoms with Gasteiger partial charge in [0.25, 0.3) is 5.69 Å². The van der Waals surface area contributed by atoms with Gasteiger partial charge < -0.3 is 5.32 Å². The molecule has 0 aliphatic rings. The Kier molecular flexibility index (Phi) is 4.76. The Balaban J connectivity index is 1.78. The van der Waals surface area contributed by atoms with E-state index in [1.54, 1.807) is 12.1 Å². The zero-order valence-electron chi connectivity index (χ0n) is 14.8. The molecule has 136 valence electrons. The van der Waals surface area contributed by atoms with Crippen molar-refractivity contribution in [1.82, 2.24) is 9.97 Å². The number of benzene rings is 3. The van der Waals surface area contributed by atoms with Crippen LogP contribution in [-0.4, -0.2) is 14.9 Å². The van der Waals surface area contributed by atoms with Crippen molar-refractivity contribution in [2.75, 3.05) is 5.32 Å². The first kappa shape index (κ1) is 17.4. The van der Waals surface area contributed by atoms with Gasteiger partial charge in [-0.3, -0.25) is 10.1 Å². The monoisotopic (exact) mass is 368 g/mol. The first-order valence-corrected chi connectivity index (χ1v) is 8.70. The van der Waals surface area contributed by atoms with Crippen LogP contribution >= 0.6 is 0 Å². The molecule has 1 N–H and O–H groups in total. The molecule has 28 heavy (non-hydrogen) atoms. The highest BCUT2D eigenvalue weighted by Gasteiger charge is 2.11. The summed E-state index contributed by atoms with van der Waals surface area (Å²) >= 11 is 0. The number of nitrogens with zero attached hydrogens (tertiary/aromatic N) is 3. The Labute approximate surface area is 161 Å². The van der Waals surface area contributed by atoms with Crippen molar-refractivity contribution in [3.63, 3.8) is 0 Å². The second-order valence-corrected chi connectivity index (χ2v) is 6.12. The second kappa shape index (κ2) is 7.67. The molecule has 6 heteroatoms. The summed E-state index contributed by atoms with van der Waals surface area (Å²) in [6.45, 7) is 0. The second-order valence-electron chi connectivity index (χ2n) is 6.12. The topological polar surface area (TPSA) is 81.0 Å². The molecule has 1 aromatic heterocycles. The highest BCUT2D eigenvalue weighted by Crippen LogP contribution is 2.27. The molecule has 3 aromatic carbocycles. The van der Waals surface area contributed by atoms with E-state index < -0.39 is 4.92 Å². The SMILES string of the molecule is O=[N+]([O-])c1ccc(-c2nc(Nc3ccccc3)cc(-c3ccccc3)n2)cc1. The first-order chi connectivity index (χ1) is 13.7. The van der Waals surface area contributed by atoms with E-state index >= 15 is 0 Å². The van der Waals surface area contributed by atoms with Gasteiger partial charge in [-0.15, -0.1) is 0 Å². The molecule has 0 unspecified atom stereocenters. The van der Waals surface area contributed by atoms with Crippen LogP contribution in [0.2, 0.25) is 0 Å². The van der Waals surface area contributed by atoms with Gasteiger partial charge >= 0.3 is 0 Å². The molecule has 6 nitrogen and oxygen atoms in total. The van der Waals surface area contributed by atoms with Crippen molar-refractivity contribution in [2.24, 2.45) is 0 Å². The Bertz CT molecular complexity index is 1100. The number of hydrogen-bond acceptors (Lipinski definition) is 5. The molecule has 0 radical (unpaired) electrons. The lowest BCUT2D eigenvalue weighted by Crippen LogP contribution is -1.99. The highest BCUT2D eigenvalue weighted by molar-refractivity contribution is 5.70. The summed E-state index contributed by atoms with van der Waals surface area (Å²) < 4.78 is 0. The van der Waals surface area contributed by atoms with Crippen LogP contribution in [0.4, 0.5) is 17.2 Å². The predicted molar refractivity (Wildman–Crippen MR) is 109 cm³/mol. The van der Waals surface area contributed by atoms with Crippen molar-refractivity contribution < 1.29 is 4.92 Å². The van der Waals surface area contributed by atoms with Gasteiger partial charge in [0.2, 0.25) is 0 Å². The summed E-state index contributed by atoms with van der Waals surface area (Å²) in [7, 11) is 0. The van der Waals surface area contributed by atoms with E-state index in [4.69, 9.17) is 0 Å². The van der Waals surface area contributed by atoms with Crippen LogP contribution in [0, 0.1) is 10.1 Å². The largest absolute Gasteiger partial charge is 0.340 e. The first-order valence-electron chi connectivity index (χ1n) is 8.70. The number of nitrogens with one attached hydrogen (secondary N) is 1. The van der Waals surface area contributed by atoms with Crippen LogP contribution < -0.4 is 5.32 Å². The third kappa shape index (κ3) is 3.86. The van der Waals surface area contributed by atoms with E-state index in [9.17, 15) is 10.1 Å². The third-order valence-electron chi connectivity index (χ3n) is 4.18. The maximum absolute atomic E-state index is 10.9. The Morgan fingerprint density at radius 2 is 1.39 bits per heavy atom. The van der Waals surface area contributed by atoms with E-state index in [1.165, 1.54) is 12.1 Å². The number of aromatic nitrogens is 2. The van der Waals surface area contributed by atoms with E-state index in [1.807, 2.05) is 66.7 Å². The fraction of sp³-hybridized carbons (Fsp3) is 0. The van der Waals surface area contributed by atoms with Crippen molar-refractivity contribution in [3.8, 4) is 22.6 Å². The van der Waals surface area contributed by atoms with E-state index in [0.29, 0.717) is 17.2 Å². The minimum absolute atomic E-state index is 0.0330. The smallest absolute Gasteiger partial charge is 0.269 e. The minimum Gasteiger partial charge on any atom is -0.340 e. The van der Waals surface area contributed by atoms with Crippen molar-refractivity contribution >= 4 is 17.2 Å². The summed E-state index contributed by atoms with van der Waals surface area (Å²) in [6.07, 6.45) is 0. The van der Waals surface area contributed by atoms with Gasteiger partial charge in [-0.1, -0.05) is 48.5 Å². The molecular formula is C22H16N4O2. The maximum atomic E-state index is 10.9. The zero-order valence-corrected chi connectivity index (χ0v) is 14.8. The van der Waals surface area contributed by atoms with Crippen molar-refractivity contribution in [1.29, 1.82) is 0 Å². The maximum Gasteiger partial charge on any atom is 0.269 e. The summed E-state index contributed by atoms with van der Waals surface area (Å²) in [4.78, 5) is 19.8. The number of nitro groups is 1. The molecule has 0 saturated carbocycles. The lowest BCUT2D eigenvalue weighted by molar-refractivity contribution is -0.384. The van der Waals surface area contributed by atoms with E-state index in [0.717, 1.165) is 16.9 Å². The summed E-state index contributed by atoms with van der Waals surface area (Å²) in [6, 6.07) is 27.7. The van der Waals surface area contributed by atoms with Gasteiger partial charge in [-0.25, -0.2) is 9.97 Å². The molecule has 1 heterocycles. The standard InChI is InChI=1S/C22H16N4O2/c27-26(28)19-13-11-17(12-14-19)22-24-20(16-7-3-1-4-8-16)15-21(25-22)23-18-9-5-2-6-10-18/h1-15H,(H,23,24,25). The minimum atomic E-state index is -0.423. The van der Waals surface area contributed by atoms with Crippen LogP contribution in [0.3, 0.4) is 0 Å². The molecule has 4 aromatic rings. The van der Waals surface area contributed by atoms with Crippen LogP contribution in [0.15, 0.2) is 91.0 Å². The number of nitro benzene ring substituents is 1. The Morgan fingerprint density at radius 3 is 2.04 bits per heavy atom. The van der Waals surface area contributed by atoms with Gasteiger partial charge in [-0.05, 0) is 24.3 Å². The predicted octanol–water partition coefficient (Wildman–Crippen LogP) is 5.46. The van der Waals surface area contributed by atoms with E-state index in [-0.39, 0.29) is 5.69 Å². The fourth-order valence-corrected chi connectivity index (χ4v) is 2.80. The number of non-ortho nitro benzene ring substituents is 1. The average molecular weight is 368 g/mol. The molecule has 0 fully saturated rings. The van der Waals surface area contributed by atoms with Gasteiger partial charge in [0.05, 0.1) is 10.6 Å². The van der Waals surface area contributed by atoms with Gasteiger partial charge in [0.15, 0.2) is 5.82 Å². The quantitative estimate of drug-likeness (QED) is 0.373. The van der Waals surface area contributed by atoms with Crippen LogP contribution in [0.1, 0.15) is 0 Å². The summed E-state index contributed by atoms with van der Waals surface area (Å²) in [5, 5.41) is 14.2. The van der Waals surface area contributed by atoms with Crippen molar-refractivity contribution in [3.05, 3.63) is 101 Å². The molecule has 4 rings (SSSR count). The Morgan fingerprint density at radius 1 is 0.750 bits per heavy atom. The lowest BCUT2D eigenvalue weighted by Gasteiger charge is -2.10. The molecule has 0 aliphatic carbocycles.